The van der Waals surface area contributed by atoms with Gasteiger partial charge in [0.1, 0.15) is 12.4 Å². The van der Waals surface area contributed by atoms with Gasteiger partial charge in [0.05, 0.1) is 11.8 Å². The van der Waals surface area contributed by atoms with Crippen LogP contribution in [-0.4, -0.2) is 18.4 Å². The van der Waals surface area contributed by atoms with Gasteiger partial charge in [-0.1, -0.05) is 27.2 Å². The molecule has 3 rings (SSSR count). The van der Waals surface area contributed by atoms with Crippen LogP contribution in [0.25, 0.3) is 0 Å². The van der Waals surface area contributed by atoms with Gasteiger partial charge in [-0.2, -0.15) is 0 Å². The van der Waals surface area contributed by atoms with Gasteiger partial charge in [0.2, 0.25) is 0 Å². The third kappa shape index (κ3) is 1.42. The highest BCUT2D eigenvalue weighted by atomic mass is 16.5. The van der Waals surface area contributed by atoms with E-state index in [2.05, 4.69) is 20.8 Å². The van der Waals surface area contributed by atoms with Gasteiger partial charge >= 0.3 is 5.97 Å². The molecule has 0 bridgehead atoms. The van der Waals surface area contributed by atoms with E-state index in [0.717, 1.165) is 19.3 Å². The van der Waals surface area contributed by atoms with Gasteiger partial charge in [0.15, 0.2) is 0 Å². The predicted octanol–water partition coefficient (Wildman–Crippen LogP) is 2.58. The van der Waals surface area contributed by atoms with Crippen molar-refractivity contribution in [3.8, 4) is 0 Å². The molecule has 1 heterocycles. The quantitative estimate of drug-likeness (QED) is 0.621. The Kier molecular flexibility index (Phi) is 2.43. The number of cyclic esters (lactones) is 1. The minimum atomic E-state index is -0.177. The van der Waals surface area contributed by atoms with Crippen LogP contribution < -0.4 is 0 Å². The largest absolute Gasteiger partial charge is 0.465 e. The molecule has 0 radical (unpaired) electrons. The van der Waals surface area contributed by atoms with E-state index in [1.807, 2.05) is 0 Å². The number of esters is 1. The zero-order chi connectivity index (χ0) is 13.1. The second-order valence-corrected chi connectivity index (χ2v) is 7.29. The maximum absolute atomic E-state index is 12.3. The zero-order valence-electron chi connectivity index (χ0n) is 11.5. The van der Waals surface area contributed by atoms with E-state index in [9.17, 15) is 9.59 Å². The molecule has 1 saturated heterocycles. The van der Waals surface area contributed by atoms with Gasteiger partial charge in [-0.15, -0.1) is 0 Å². The monoisotopic (exact) mass is 250 g/mol. The van der Waals surface area contributed by atoms with E-state index < -0.39 is 0 Å². The molecule has 3 heteroatoms. The summed E-state index contributed by atoms with van der Waals surface area (Å²) < 4.78 is 5.19. The van der Waals surface area contributed by atoms with E-state index in [4.69, 9.17) is 4.74 Å². The third-order valence-corrected chi connectivity index (χ3v) is 5.87. The average Bonchev–Trinajstić information content (AvgIpc) is 2.66. The molecule has 18 heavy (non-hydrogen) atoms. The molecule has 4 atom stereocenters. The van der Waals surface area contributed by atoms with Crippen molar-refractivity contribution in [2.45, 2.75) is 46.5 Å². The van der Waals surface area contributed by atoms with E-state index in [1.54, 1.807) is 0 Å². The molecule has 3 aliphatic rings. The van der Waals surface area contributed by atoms with Crippen molar-refractivity contribution in [2.75, 3.05) is 6.61 Å². The van der Waals surface area contributed by atoms with Crippen molar-refractivity contribution in [2.24, 2.45) is 28.6 Å². The fourth-order valence-electron chi connectivity index (χ4n) is 4.93. The number of hydrogen-bond acceptors (Lipinski definition) is 3. The van der Waals surface area contributed by atoms with Crippen molar-refractivity contribution in [1.29, 1.82) is 0 Å². The Morgan fingerprint density at radius 1 is 1.17 bits per heavy atom. The first-order valence-electron chi connectivity index (χ1n) is 7.05. The molecule has 0 aromatic heterocycles. The van der Waals surface area contributed by atoms with Gasteiger partial charge in [-0.3, -0.25) is 9.59 Å². The molecular formula is C15H22O3. The number of rotatable bonds is 0. The Morgan fingerprint density at radius 2 is 1.89 bits per heavy atom. The molecule has 0 N–H and O–H groups in total. The third-order valence-electron chi connectivity index (χ3n) is 5.87. The summed E-state index contributed by atoms with van der Waals surface area (Å²) in [5.41, 5.74) is 0.129. The van der Waals surface area contributed by atoms with Gasteiger partial charge in [0, 0.05) is 6.42 Å². The van der Waals surface area contributed by atoms with Crippen LogP contribution in [0.1, 0.15) is 46.5 Å². The van der Waals surface area contributed by atoms with E-state index >= 15 is 0 Å². The molecule has 2 saturated carbocycles. The van der Waals surface area contributed by atoms with E-state index in [0.29, 0.717) is 18.9 Å². The molecule has 100 valence electrons. The molecule has 0 aromatic rings. The lowest BCUT2D eigenvalue weighted by Gasteiger charge is -2.56. The van der Waals surface area contributed by atoms with E-state index in [-0.39, 0.29) is 34.4 Å². The Bertz CT molecular complexity index is 412. The Labute approximate surface area is 108 Å². The van der Waals surface area contributed by atoms with E-state index in [1.165, 1.54) is 0 Å². The fourth-order valence-corrected chi connectivity index (χ4v) is 4.93. The molecule has 1 aliphatic heterocycles. The Morgan fingerprint density at radius 3 is 2.61 bits per heavy atom. The second kappa shape index (κ2) is 3.58. The molecule has 0 unspecified atom stereocenters. The first kappa shape index (κ1) is 12.2. The number of carbonyl (C=O) groups excluding carboxylic acids is 2. The number of carbonyl (C=O) groups is 2. The molecule has 0 aromatic carbocycles. The summed E-state index contributed by atoms with van der Waals surface area (Å²) in [6, 6.07) is 0. The second-order valence-electron chi connectivity index (χ2n) is 7.29. The van der Waals surface area contributed by atoms with Crippen molar-refractivity contribution in [3.05, 3.63) is 0 Å². The first-order valence-corrected chi connectivity index (χ1v) is 7.05. The summed E-state index contributed by atoms with van der Waals surface area (Å²) in [4.78, 5) is 24.3. The minimum Gasteiger partial charge on any atom is -0.465 e. The van der Waals surface area contributed by atoms with Crippen LogP contribution in [0.2, 0.25) is 0 Å². The van der Waals surface area contributed by atoms with Crippen LogP contribution in [0.3, 0.4) is 0 Å². The molecule has 3 nitrogen and oxygen atoms in total. The highest BCUT2D eigenvalue weighted by molar-refractivity contribution is 5.91. The van der Waals surface area contributed by atoms with Crippen molar-refractivity contribution >= 4 is 11.8 Å². The summed E-state index contributed by atoms with van der Waals surface area (Å²) in [6.45, 7) is 7.05. The van der Waals surface area contributed by atoms with Crippen LogP contribution in [0.5, 0.6) is 0 Å². The molecule has 0 amide bonds. The fraction of sp³-hybridized carbons (Fsp3) is 0.867. The number of Topliss-reactive ketones (excluding diaryl/α,β-unsaturated/α-hetero) is 1. The normalized spacial score (nSPS) is 46.3. The lowest BCUT2D eigenvalue weighted by Crippen LogP contribution is -2.55. The van der Waals surface area contributed by atoms with Crippen LogP contribution >= 0.6 is 0 Å². The SMILES string of the molecule is CC1(C)CCC[C@]2(C)[C@H]3C(=O)OC[C@@H]3C(=O)C[C@@H]12. The summed E-state index contributed by atoms with van der Waals surface area (Å²) in [5.74, 6) is 0.121. The molecule has 0 spiro atoms. The predicted molar refractivity (Wildman–Crippen MR) is 66.8 cm³/mol. The van der Waals surface area contributed by atoms with Crippen molar-refractivity contribution in [1.82, 2.24) is 0 Å². The standard InChI is InChI=1S/C15H22O3/c1-14(2)5-4-6-15(3)11(14)7-10(16)9-8-18-13(17)12(9)15/h9,11-12H,4-8H2,1-3H3/t9-,11+,12-,15+/m1/s1. The smallest absolute Gasteiger partial charge is 0.310 e. The lowest BCUT2D eigenvalue weighted by atomic mass is 9.46. The molecular weight excluding hydrogens is 228 g/mol. The summed E-state index contributed by atoms with van der Waals surface area (Å²) in [6.07, 6.45) is 4.02. The number of hydrogen-bond donors (Lipinski definition) is 0. The number of fused-ring (bicyclic) bond motifs is 3. The van der Waals surface area contributed by atoms with Crippen molar-refractivity contribution < 1.29 is 14.3 Å². The minimum absolute atomic E-state index is 0.0338. The van der Waals surface area contributed by atoms with Crippen molar-refractivity contribution in [3.63, 3.8) is 0 Å². The average molecular weight is 250 g/mol. The van der Waals surface area contributed by atoms with Crippen LogP contribution in [0, 0.1) is 28.6 Å². The molecule has 2 aliphatic carbocycles. The topological polar surface area (TPSA) is 43.4 Å². The number of ether oxygens (including phenoxy) is 1. The van der Waals surface area contributed by atoms with Gasteiger partial charge in [-0.05, 0) is 29.6 Å². The Hall–Kier alpha value is -0.860. The van der Waals surface area contributed by atoms with Crippen LogP contribution in [-0.2, 0) is 14.3 Å². The number of ketones is 1. The summed E-state index contributed by atoms with van der Waals surface area (Å²) in [5, 5.41) is 0. The highest BCUT2D eigenvalue weighted by Crippen LogP contribution is 2.61. The first-order chi connectivity index (χ1) is 8.36. The van der Waals surface area contributed by atoms with Crippen LogP contribution in [0.4, 0.5) is 0 Å². The molecule has 3 fully saturated rings. The van der Waals surface area contributed by atoms with Gasteiger partial charge < -0.3 is 4.74 Å². The zero-order valence-corrected chi connectivity index (χ0v) is 11.5. The highest BCUT2D eigenvalue weighted by Gasteiger charge is 2.62. The van der Waals surface area contributed by atoms with Crippen LogP contribution in [0.15, 0.2) is 0 Å². The maximum Gasteiger partial charge on any atom is 0.310 e. The Balaban J connectivity index is 2.05. The summed E-state index contributed by atoms with van der Waals surface area (Å²) >= 11 is 0. The maximum atomic E-state index is 12.3. The van der Waals surface area contributed by atoms with Gasteiger partial charge in [-0.25, -0.2) is 0 Å². The summed E-state index contributed by atoms with van der Waals surface area (Å²) in [7, 11) is 0. The lowest BCUT2D eigenvalue weighted by molar-refractivity contribution is -0.158. The van der Waals surface area contributed by atoms with Gasteiger partial charge in [0.25, 0.3) is 0 Å².